The molecule has 3 N–H and O–H groups in total. The van der Waals surface area contributed by atoms with Gasteiger partial charge in [0.15, 0.2) is 5.82 Å². The molecule has 0 spiro atoms. The number of phenolic OH excluding ortho intramolecular Hbond substituents is 1. The van der Waals surface area contributed by atoms with Crippen LogP contribution in [-0.2, 0) is 4.79 Å². The number of phenols is 1. The van der Waals surface area contributed by atoms with Gasteiger partial charge in [0.2, 0.25) is 5.91 Å². The number of nitrogens with two attached hydrogens (primary N) is 1. The Morgan fingerprint density at radius 2 is 1.73 bits per heavy atom. The maximum absolute atomic E-state index is 15.3. The second-order valence-electron chi connectivity index (χ2n) is 6.62. The summed E-state index contributed by atoms with van der Waals surface area (Å²) in [5.74, 6) is -1.16. The molecule has 0 radical (unpaired) electrons. The van der Waals surface area contributed by atoms with Gasteiger partial charge in [0.25, 0.3) is 0 Å². The summed E-state index contributed by atoms with van der Waals surface area (Å²) in [5, 5.41) is 9.92. The molecule has 0 aliphatic carbocycles. The van der Waals surface area contributed by atoms with E-state index in [1.54, 1.807) is 4.90 Å². The Bertz CT molecular complexity index is 1060. The van der Waals surface area contributed by atoms with E-state index in [4.69, 9.17) is 52.8 Å². The van der Waals surface area contributed by atoms with Crippen LogP contribution in [0.4, 0.5) is 10.1 Å². The molecule has 0 aromatic heterocycles. The lowest BCUT2D eigenvalue weighted by Crippen LogP contribution is -2.50. The number of anilines is 1. The van der Waals surface area contributed by atoms with Crippen molar-refractivity contribution in [3.05, 3.63) is 57.3 Å². The summed E-state index contributed by atoms with van der Waals surface area (Å²) >= 11 is 24.1. The van der Waals surface area contributed by atoms with Crippen molar-refractivity contribution in [1.29, 1.82) is 0 Å². The third-order valence-corrected chi connectivity index (χ3v) is 6.40. The van der Waals surface area contributed by atoms with Crippen molar-refractivity contribution >= 4 is 63.6 Å². The Balaban J connectivity index is 1.95. The van der Waals surface area contributed by atoms with E-state index in [1.807, 2.05) is 4.90 Å². The van der Waals surface area contributed by atoms with Crippen LogP contribution in [0.5, 0.6) is 5.75 Å². The molecule has 1 fully saturated rings. The Morgan fingerprint density at radius 1 is 1.13 bits per heavy atom. The molecule has 0 atom stereocenters. The molecule has 0 bridgehead atoms. The lowest BCUT2D eigenvalue weighted by atomic mass is 10.00. The van der Waals surface area contributed by atoms with Gasteiger partial charge in [0, 0.05) is 48.9 Å². The minimum Gasteiger partial charge on any atom is -0.508 e. The zero-order valence-electron chi connectivity index (χ0n) is 15.6. The Kier molecular flexibility index (Phi) is 6.77. The van der Waals surface area contributed by atoms with Crippen molar-refractivity contribution in [3.63, 3.8) is 0 Å². The van der Waals surface area contributed by atoms with Crippen LogP contribution in [0.2, 0.25) is 15.1 Å². The number of hydrogen-bond acceptors (Lipinski definition) is 4. The zero-order valence-corrected chi connectivity index (χ0v) is 18.7. The molecule has 1 aliphatic rings. The van der Waals surface area contributed by atoms with E-state index in [1.165, 1.54) is 24.3 Å². The van der Waals surface area contributed by atoms with Gasteiger partial charge in [-0.05, 0) is 18.2 Å². The van der Waals surface area contributed by atoms with Gasteiger partial charge in [-0.3, -0.25) is 4.79 Å². The maximum Gasteiger partial charge on any atom is 0.246 e. The maximum atomic E-state index is 15.3. The number of piperazine rings is 1. The van der Waals surface area contributed by atoms with Crippen LogP contribution in [0.15, 0.2) is 30.9 Å². The van der Waals surface area contributed by atoms with Crippen molar-refractivity contribution in [1.82, 2.24) is 9.80 Å². The predicted octanol–water partition coefficient (Wildman–Crippen LogP) is 4.75. The first kappa shape index (κ1) is 22.6. The van der Waals surface area contributed by atoms with E-state index in [0.29, 0.717) is 31.2 Å². The molecule has 5 nitrogen and oxygen atoms in total. The van der Waals surface area contributed by atoms with Crippen LogP contribution < -0.4 is 5.73 Å². The molecule has 3 rings (SSSR count). The largest absolute Gasteiger partial charge is 0.508 e. The topological polar surface area (TPSA) is 69.8 Å². The number of carbonyl (C=O) groups excluding carboxylic acids is 1. The Morgan fingerprint density at radius 3 is 2.33 bits per heavy atom. The number of hydrogen-bond donors (Lipinski definition) is 2. The SMILES string of the molecule is C=CC(=O)N1CCN(C(=S)c2cc(Cl)c(-c3cc(O)cc(Cl)c3Cl)c(F)c2N)CC1. The van der Waals surface area contributed by atoms with Gasteiger partial charge in [0.05, 0.1) is 20.8 Å². The van der Waals surface area contributed by atoms with Gasteiger partial charge in [-0.25, -0.2) is 4.39 Å². The van der Waals surface area contributed by atoms with Crippen LogP contribution >= 0.6 is 47.0 Å². The number of carbonyl (C=O) groups is 1. The molecule has 2 aromatic carbocycles. The second kappa shape index (κ2) is 8.98. The summed E-state index contributed by atoms with van der Waals surface area (Å²) in [7, 11) is 0. The number of benzene rings is 2. The van der Waals surface area contributed by atoms with Crippen molar-refractivity contribution in [3.8, 4) is 16.9 Å². The average Bonchev–Trinajstić information content (AvgIpc) is 2.73. The fourth-order valence-electron chi connectivity index (χ4n) is 3.24. The summed E-state index contributed by atoms with van der Waals surface area (Å²) in [6.45, 7) is 5.32. The Hall–Kier alpha value is -2.06. The molecular weight excluding hydrogens is 472 g/mol. The number of nitrogens with zero attached hydrogens (tertiary/aromatic N) is 2. The highest BCUT2D eigenvalue weighted by atomic mass is 35.5. The summed E-state index contributed by atoms with van der Waals surface area (Å²) in [4.78, 5) is 15.5. The molecule has 2 aromatic rings. The van der Waals surface area contributed by atoms with Gasteiger partial charge < -0.3 is 20.6 Å². The van der Waals surface area contributed by atoms with E-state index in [9.17, 15) is 9.90 Å². The van der Waals surface area contributed by atoms with Crippen LogP contribution in [0.25, 0.3) is 11.1 Å². The van der Waals surface area contributed by atoms with Gasteiger partial charge >= 0.3 is 0 Å². The normalized spacial score (nSPS) is 14.0. The van der Waals surface area contributed by atoms with Crippen molar-refractivity contribution in [2.45, 2.75) is 0 Å². The number of aromatic hydroxyl groups is 1. The third kappa shape index (κ3) is 4.21. The van der Waals surface area contributed by atoms with Crippen LogP contribution in [-0.4, -0.2) is 52.0 Å². The minimum atomic E-state index is -0.816. The highest BCUT2D eigenvalue weighted by Gasteiger charge is 2.26. The molecule has 1 aliphatic heterocycles. The predicted molar refractivity (Wildman–Crippen MR) is 123 cm³/mol. The van der Waals surface area contributed by atoms with Crippen molar-refractivity contribution in [2.24, 2.45) is 0 Å². The van der Waals surface area contributed by atoms with Crippen molar-refractivity contribution in [2.75, 3.05) is 31.9 Å². The molecule has 10 heteroatoms. The quantitative estimate of drug-likeness (QED) is 0.371. The summed E-state index contributed by atoms with van der Waals surface area (Å²) in [6.07, 6.45) is 1.26. The molecular formula is C20H17Cl3FN3O2S. The lowest BCUT2D eigenvalue weighted by molar-refractivity contribution is -0.127. The minimum absolute atomic E-state index is 0.0167. The summed E-state index contributed by atoms with van der Waals surface area (Å²) in [6, 6.07) is 3.96. The number of halogens is 4. The first-order valence-electron chi connectivity index (χ1n) is 8.82. The van der Waals surface area contributed by atoms with Gasteiger partial charge in [-0.1, -0.05) is 53.6 Å². The molecule has 1 amide bonds. The van der Waals surface area contributed by atoms with E-state index >= 15 is 4.39 Å². The van der Waals surface area contributed by atoms with Crippen LogP contribution in [0, 0.1) is 5.82 Å². The van der Waals surface area contributed by atoms with Crippen molar-refractivity contribution < 1.29 is 14.3 Å². The number of nitrogen functional groups attached to an aromatic ring is 1. The number of thiocarbonyl (C=S) groups is 1. The third-order valence-electron chi connectivity index (χ3n) is 4.82. The molecule has 0 unspecified atom stereocenters. The fourth-order valence-corrected chi connectivity index (χ4v) is 4.31. The Labute approximate surface area is 193 Å². The molecule has 158 valence electrons. The highest BCUT2D eigenvalue weighted by Crippen LogP contribution is 2.43. The first-order valence-corrected chi connectivity index (χ1v) is 10.4. The standard InChI is InChI=1S/C20H17Cl3FN3O2S/c1-2-15(29)26-3-5-27(6-4-26)20(30)12-9-13(21)16(18(24)19(12)25)11-7-10(28)8-14(22)17(11)23/h2,7-9,28H,1,3-6,25H2. The van der Waals surface area contributed by atoms with E-state index < -0.39 is 5.82 Å². The first-order chi connectivity index (χ1) is 14.1. The molecule has 1 heterocycles. The summed E-state index contributed by atoms with van der Waals surface area (Å²) in [5.41, 5.74) is 6.16. The van der Waals surface area contributed by atoms with Crippen LogP contribution in [0.1, 0.15) is 5.56 Å². The van der Waals surface area contributed by atoms with Crippen LogP contribution in [0.3, 0.4) is 0 Å². The molecule has 30 heavy (non-hydrogen) atoms. The molecule has 0 saturated carbocycles. The monoisotopic (exact) mass is 487 g/mol. The van der Waals surface area contributed by atoms with Gasteiger partial charge in [0.1, 0.15) is 10.7 Å². The summed E-state index contributed by atoms with van der Waals surface area (Å²) < 4.78 is 15.3. The van der Waals surface area contributed by atoms with E-state index in [-0.39, 0.29) is 49.1 Å². The zero-order chi connectivity index (χ0) is 22.2. The smallest absolute Gasteiger partial charge is 0.246 e. The number of amides is 1. The highest BCUT2D eigenvalue weighted by molar-refractivity contribution is 7.80. The fraction of sp³-hybridized carbons (Fsp3) is 0.200. The lowest BCUT2D eigenvalue weighted by Gasteiger charge is -2.36. The second-order valence-corrected chi connectivity index (χ2v) is 8.20. The van der Waals surface area contributed by atoms with E-state index in [2.05, 4.69) is 6.58 Å². The van der Waals surface area contributed by atoms with Gasteiger partial charge in [-0.15, -0.1) is 0 Å². The molecule has 1 saturated heterocycles. The van der Waals surface area contributed by atoms with Gasteiger partial charge in [-0.2, -0.15) is 0 Å². The van der Waals surface area contributed by atoms with E-state index in [0.717, 1.165) is 0 Å². The average molecular weight is 489 g/mol. The number of rotatable bonds is 3.